The Hall–Kier alpha value is -0.680. The minimum absolute atomic E-state index is 0.0427. The van der Waals surface area contributed by atoms with E-state index in [4.69, 9.17) is 4.74 Å². The normalized spacial score (nSPS) is 17.4. The number of hydrogen-bond acceptors (Lipinski definition) is 4. The Morgan fingerprint density at radius 3 is 2.63 bits per heavy atom. The summed E-state index contributed by atoms with van der Waals surface area (Å²) in [5, 5.41) is 0. The Labute approximate surface area is 122 Å². The zero-order valence-corrected chi connectivity index (χ0v) is 13.1. The number of carbonyl (C=O) groups is 1. The first-order valence-electron chi connectivity index (χ1n) is 6.47. The zero-order chi connectivity index (χ0) is 13.7. The molecular weight excluding hydrogens is 278 g/mol. The van der Waals surface area contributed by atoms with E-state index in [1.54, 1.807) is 21.6 Å². The molecule has 5 heteroatoms. The van der Waals surface area contributed by atoms with Crippen LogP contribution in [0.25, 0.3) is 0 Å². The van der Waals surface area contributed by atoms with E-state index in [1.807, 2.05) is 6.92 Å². The maximum absolute atomic E-state index is 12.0. The molecule has 0 amide bonds. The molecule has 0 bridgehead atoms. The second-order valence-electron chi connectivity index (χ2n) is 5.19. The molecule has 1 aliphatic heterocycles. The highest BCUT2D eigenvalue weighted by atomic mass is 33.1. The quantitative estimate of drug-likeness (QED) is 0.362. The average Bonchev–Trinajstić information content (AvgIpc) is 2.85. The summed E-state index contributed by atoms with van der Waals surface area (Å²) < 4.78 is 7.51. The molecule has 0 spiro atoms. The Kier molecular flexibility index (Phi) is 5.16. The van der Waals surface area contributed by atoms with E-state index in [2.05, 4.69) is 36.0 Å². The van der Waals surface area contributed by atoms with Crippen LogP contribution < -0.4 is 4.57 Å². The summed E-state index contributed by atoms with van der Waals surface area (Å²) in [5.74, 6) is 1.69. The van der Waals surface area contributed by atoms with Gasteiger partial charge in [-0.25, -0.2) is 4.57 Å². The number of carbonyl (C=O) groups excluding carboxylic acids is 1. The molecule has 3 nitrogen and oxygen atoms in total. The van der Waals surface area contributed by atoms with Crippen LogP contribution in [0, 0.1) is 12.3 Å². The molecule has 19 heavy (non-hydrogen) atoms. The Morgan fingerprint density at radius 2 is 2.00 bits per heavy atom. The number of aryl methyl sites for hydroxylation is 2. The molecule has 0 aliphatic carbocycles. The summed E-state index contributed by atoms with van der Waals surface area (Å²) in [6, 6.07) is 4.17. The molecule has 0 unspecified atom stereocenters. The van der Waals surface area contributed by atoms with Crippen molar-refractivity contribution in [2.45, 2.75) is 26.8 Å². The van der Waals surface area contributed by atoms with Gasteiger partial charge in [-0.3, -0.25) is 4.79 Å². The van der Waals surface area contributed by atoms with Crippen LogP contribution in [-0.2, 0) is 16.1 Å². The predicted molar refractivity (Wildman–Crippen MR) is 80.0 cm³/mol. The van der Waals surface area contributed by atoms with Crippen molar-refractivity contribution >= 4 is 27.6 Å². The fraction of sp³-hybridized carbons (Fsp3) is 0.571. The molecule has 0 radical (unpaired) electrons. The number of hydrogen-bond donors (Lipinski definition) is 0. The van der Waals surface area contributed by atoms with Gasteiger partial charge in [-0.15, -0.1) is 0 Å². The first-order valence-corrected chi connectivity index (χ1v) is 8.96. The van der Waals surface area contributed by atoms with E-state index in [-0.39, 0.29) is 11.4 Å². The number of ether oxygens (including phenoxy) is 1. The van der Waals surface area contributed by atoms with Gasteiger partial charge in [0.15, 0.2) is 18.9 Å². The van der Waals surface area contributed by atoms with Crippen LogP contribution >= 0.6 is 21.6 Å². The van der Waals surface area contributed by atoms with Crippen molar-refractivity contribution in [3.05, 3.63) is 30.1 Å². The molecule has 1 aliphatic rings. The second-order valence-corrected chi connectivity index (χ2v) is 7.65. The van der Waals surface area contributed by atoms with Crippen molar-refractivity contribution in [3.8, 4) is 0 Å². The third kappa shape index (κ3) is 4.14. The van der Waals surface area contributed by atoms with Crippen LogP contribution in [0.15, 0.2) is 24.5 Å². The first-order chi connectivity index (χ1) is 9.10. The van der Waals surface area contributed by atoms with E-state index < -0.39 is 0 Å². The lowest BCUT2D eigenvalue weighted by Crippen LogP contribution is -2.35. The molecule has 1 aromatic rings. The summed E-state index contributed by atoms with van der Waals surface area (Å²) in [7, 11) is 3.52. The Balaban J connectivity index is 1.69. The lowest BCUT2D eigenvalue weighted by atomic mass is 9.96. The second kappa shape index (κ2) is 6.66. The van der Waals surface area contributed by atoms with Gasteiger partial charge in [-0.1, -0.05) is 21.6 Å². The fourth-order valence-electron chi connectivity index (χ4n) is 1.77. The van der Waals surface area contributed by atoms with Gasteiger partial charge in [0.05, 0.1) is 12.0 Å². The number of nitrogens with zero attached hydrogens (tertiary/aromatic N) is 1. The molecule has 104 valence electrons. The fourth-order valence-corrected chi connectivity index (χ4v) is 5.09. The standard InChI is InChI=1S/C14H20NO2S2/c1-12-4-7-15(8-5-12)6-3-9-17-13(16)14(2)10-18-19-11-14/h4-5,7-8H,3,6,9-11H2,1-2H3/q+1. The summed E-state index contributed by atoms with van der Waals surface area (Å²) in [4.78, 5) is 12.0. The number of rotatable bonds is 5. The molecule has 1 aromatic heterocycles. The molecule has 0 aromatic carbocycles. The van der Waals surface area contributed by atoms with Crippen LogP contribution in [0.5, 0.6) is 0 Å². The maximum atomic E-state index is 12.0. The summed E-state index contributed by atoms with van der Waals surface area (Å²) in [6.45, 7) is 5.46. The van der Waals surface area contributed by atoms with Crippen LogP contribution in [0.1, 0.15) is 18.9 Å². The van der Waals surface area contributed by atoms with E-state index in [9.17, 15) is 4.79 Å². The van der Waals surface area contributed by atoms with Crippen molar-refractivity contribution in [3.63, 3.8) is 0 Å². The molecule has 0 atom stereocenters. The number of pyridine rings is 1. The zero-order valence-electron chi connectivity index (χ0n) is 11.4. The largest absolute Gasteiger partial charge is 0.465 e. The molecule has 1 saturated heterocycles. The van der Waals surface area contributed by atoms with Crippen molar-refractivity contribution in [1.29, 1.82) is 0 Å². The molecule has 1 fully saturated rings. The van der Waals surface area contributed by atoms with Gasteiger partial charge in [0, 0.05) is 30.1 Å². The maximum Gasteiger partial charge on any atom is 0.313 e. The Bertz CT molecular complexity index is 428. The highest BCUT2D eigenvalue weighted by molar-refractivity contribution is 8.77. The summed E-state index contributed by atoms with van der Waals surface area (Å²) in [6.07, 6.45) is 4.97. The molecule has 0 saturated carbocycles. The molecule has 2 rings (SSSR count). The van der Waals surface area contributed by atoms with Crippen molar-refractivity contribution in [1.82, 2.24) is 0 Å². The highest BCUT2D eigenvalue weighted by Gasteiger charge is 2.39. The monoisotopic (exact) mass is 298 g/mol. The van der Waals surface area contributed by atoms with Crippen molar-refractivity contribution in [2.24, 2.45) is 5.41 Å². The van der Waals surface area contributed by atoms with Gasteiger partial charge in [0.2, 0.25) is 0 Å². The van der Waals surface area contributed by atoms with Crippen LogP contribution in [0.4, 0.5) is 0 Å². The predicted octanol–water partition coefficient (Wildman–Crippen LogP) is 2.62. The minimum Gasteiger partial charge on any atom is -0.465 e. The van der Waals surface area contributed by atoms with Crippen LogP contribution in [-0.4, -0.2) is 24.1 Å². The van der Waals surface area contributed by atoms with E-state index in [1.165, 1.54) is 5.56 Å². The smallest absolute Gasteiger partial charge is 0.313 e. The lowest BCUT2D eigenvalue weighted by molar-refractivity contribution is -0.697. The SMILES string of the molecule is Cc1cc[n+](CCCOC(=O)C2(C)CSSC2)cc1. The van der Waals surface area contributed by atoms with Gasteiger partial charge in [-0.05, 0) is 19.4 Å². The molecule has 0 N–H and O–H groups in total. The van der Waals surface area contributed by atoms with Crippen LogP contribution in [0.2, 0.25) is 0 Å². The average molecular weight is 298 g/mol. The summed E-state index contributed by atoms with van der Waals surface area (Å²) >= 11 is 0. The van der Waals surface area contributed by atoms with Crippen LogP contribution in [0.3, 0.4) is 0 Å². The third-order valence-electron chi connectivity index (χ3n) is 3.18. The molecule has 2 heterocycles. The third-order valence-corrected chi connectivity index (χ3v) is 6.07. The van der Waals surface area contributed by atoms with E-state index >= 15 is 0 Å². The first kappa shape index (κ1) is 14.7. The van der Waals surface area contributed by atoms with E-state index in [0.717, 1.165) is 24.5 Å². The summed E-state index contributed by atoms with van der Waals surface area (Å²) in [5.41, 5.74) is 0.971. The van der Waals surface area contributed by atoms with Crippen molar-refractivity contribution in [2.75, 3.05) is 18.1 Å². The van der Waals surface area contributed by atoms with Gasteiger partial charge in [0.25, 0.3) is 0 Å². The van der Waals surface area contributed by atoms with Crippen molar-refractivity contribution < 1.29 is 14.1 Å². The number of aromatic nitrogens is 1. The van der Waals surface area contributed by atoms with Gasteiger partial charge in [-0.2, -0.15) is 0 Å². The lowest BCUT2D eigenvalue weighted by Gasteiger charge is -2.19. The van der Waals surface area contributed by atoms with Gasteiger partial charge in [0.1, 0.15) is 0 Å². The van der Waals surface area contributed by atoms with Gasteiger partial charge >= 0.3 is 5.97 Å². The Morgan fingerprint density at radius 1 is 1.37 bits per heavy atom. The highest BCUT2D eigenvalue weighted by Crippen LogP contribution is 2.43. The minimum atomic E-state index is -0.285. The number of esters is 1. The van der Waals surface area contributed by atoms with Gasteiger partial charge < -0.3 is 4.74 Å². The molecular formula is C14H20NO2S2+. The van der Waals surface area contributed by atoms with E-state index in [0.29, 0.717) is 6.61 Å². The topological polar surface area (TPSA) is 30.2 Å².